The molecule has 306 valence electrons. The Labute approximate surface area is 256 Å². The molecular weight excluding hydrogens is 835 g/mol. The van der Waals surface area contributed by atoms with Crippen molar-refractivity contribution in [1.29, 1.82) is 0 Å². The van der Waals surface area contributed by atoms with E-state index in [4.69, 9.17) is 0 Å². The fourth-order valence-corrected chi connectivity index (χ4v) is 1.88. The third-order valence-corrected chi connectivity index (χ3v) is 4.36. The molecule has 5 nitrogen and oxygen atoms in total. The van der Waals surface area contributed by atoms with E-state index in [-0.39, 0.29) is 6.92 Å². The second-order valence-corrected chi connectivity index (χ2v) is 8.23. The van der Waals surface area contributed by atoms with Crippen molar-refractivity contribution in [3.8, 4) is 0 Å². The Morgan fingerprint density at radius 2 is 0.667 bits per heavy atom. The maximum Gasteiger partial charge on any atom is 0.471 e. The molecule has 2 atom stereocenters. The summed E-state index contributed by atoms with van der Waals surface area (Å²) < 4.78 is 367. The summed E-state index contributed by atoms with van der Waals surface area (Å²) in [7, 11) is 0. The molecule has 34 heteroatoms. The van der Waals surface area contributed by atoms with Crippen LogP contribution in [0.1, 0.15) is 6.92 Å². The van der Waals surface area contributed by atoms with Crippen LogP contribution in [-0.2, 0) is 23.7 Å². The second kappa shape index (κ2) is 13.8. The van der Waals surface area contributed by atoms with Crippen LogP contribution in [-0.4, -0.2) is 84.6 Å². The molecule has 0 rings (SSSR count). The van der Waals surface area contributed by atoms with Gasteiger partial charge in [-0.2, -0.15) is 127 Å². The van der Waals surface area contributed by atoms with Gasteiger partial charge < -0.3 is 4.74 Å². The Bertz CT molecular complexity index is 1230. The topological polar surface area (TPSA) is 54.0 Å². The lowest BCUT2D eigenvalue weighted by atomic mass is 10.2. The normalized spacial score (nSPS) is 17.5. The lowest BCUT2D eigenvalue weighted by Crippen LogP contribution is -2.66. The Balaban J connectivity index is 0. The van der Waals surface area contributed by atoms with Crippen LogP contribution in [0.3, 0.4) is 0 Å². The number of rotatable bonds is 13. The van der Waals surface area contributed by atoms with E-state index in [2.05, 4.69) is 4.74 Å². The molecule has 0 aliphatic rings. The molecule has 0 aliphatic heterocycles. The first-order valence-electron chi connectivity index (χ1n) is 10.4. The van der Waals surface area contributed by atoms with Gasteiger partial charge in [0.1, 0.15) is 0 Å². The van der Waals surface area contributed by atoms with E-state index < -0.39 is 90.6 Å². The fraction of sp³-hybridized carbons (Fsp3) is 0.824. The first-order valence-corrected chi connectivity index (χ1v) is 10.4. The Morgan fingerprint density at radius 1 is 0.412 bits per heavy atom. The van der Waals surface area contributed by atoms with E-state index in [1.165, 1.54) is 9.47 Å². The highest BCUT2D eigenvalue weighted by Crippen LogP contribution is 2.57. The standard InChI is InChI=1S/C9H3F15O3.C8H2F14O2/c1-2(25)3(10,11)26-9(23,24)5(14,7(18,19)20)27-8(21,22)4(12,13)6(15,16)17;1-2(9)23-8(21,22)4(12,6(16,17)18)24-7(19,20)3(10,11)5(13,14)15/h1H3;1H2. The maximum atomic E-state index is 13.4. The highest BCUT2D eigenvalue weighted by molar-refractivity contribution is 5.81. The molecule has 0 saturated carbocycles. The minimum absolute atomic E-state index is 0.323. The lowest BCUT2D eigenvalue weighted by molar-refractivity contribution is -0.546. The smallest absolute Gasteiger partial charge is 0.402 e. The molecular formula is C17H5F29O5. The van der Waals surface area contributed by atoms with Gasteiger partial charge in [-0.1, -0.05) is 0 Å². The number of ether oxygens (including phenoxy) is 4. The number of hydrogen-bond acceptors (Lipinski definition) is 5. The minimum atomic E-state index is -7.70. The number of halogens is 29. The maximum absolute atomic E-state index is 13.4. The van der Waals surface area contributed by atoms with Gasteiger partial charge in [-0.05, 0) is 6.58 Å². The number of carbonyl (C=O) groups excluding carboxylic acids is 1. The van der Waals surface area contributed by atoms with Crippen LogP contribution in [0, 0.1) is 0 Å². The molecule has 0 aromatic heterocycles. The van der Waals surface area contributed by atoms with Crippen molar-refractivity contribution in [2.75, 3.05) is 0 Å². The molecule has 2 unspecified atom stereocenters. The van der Waals surface area contributed by atoms with E-state index in [9.17, 15) is 132 Å². The molecule has 0 fully saturated rings. The van der Waals surface area contributed by atoms with E-state index in [1.54, 1.807) is 6.58 Å². The molecule has 51 heavy (non-hydrogen) atoms. The summed E-state index contributed by atoms with van der Waals surface area (Å²) in [5, 5.41) is 0. The quantitative estimate of drug-likeness (QED) is 0.137. The van der Waals surface area contributed by atoms with Crippen molar-refractivity contribution < 1.29 is 151 Å². The van der Waals surface area contributed by atoms with Crippen LogP contribution in [0.5, 0.6) is 0 Å². The van der Waals surface area contributed by atoms with Gasteiger partial charge in [0, 0.05) is 6.92 Å². The number of Topliss-reactive ketones (excluding diaryl/α,β-unsaturated/α-hetero) is 1. The molecule has 0 amide bonds. The summed E-state index contributed by atoms with van der Waals surface area (Å²) in [6.07, 6.45) is -65.3. The van der Waals surface area contributed by atoms with E-state index in [1.807, 2.05) is 4.74 Å². The van der Waals surface area contributed by atoms with Crippen LogP contribution in [0.25, 0.3) is 0 Å². The average molecular weight is 840 g/mol. The highest BCUT2D eigenvalue weighted by Gasteiger charge is 2.86. The molecule has 0 aromatic rings. The van der Waals surface area contributed by atoms with Gasteiger partial charge in [0.15, 0.2) is 0 Å². The average Bonchev–Trinajstić information content (AvgIpc) is 2.79. The molecule has 0 bridgehead atoms. The van der Waals surface area contributed by atoms with Crippen LogP contribution >= 0.6 is 0 Å². The van der Waals surface area contributed by atoms with Gasteiger partial charge in [-0.3, -0.25) is 14.3 Å². The van der Waals surface area contributed by atoms with Crippen molar-refractivity contribution in [3.63, 3.8) is 0 Å². The SMILES string of the molecule is C=C(F)OC(F)(F)C(F)(OC(F)(F)C(F)(F)C(F)(F)F)C(F)(F)F.CC(=O)C(F)(F)OC(F)(F)C(F)(OC(F)(F)C(F)(F)C(F)(F)F)C(F)(F)F. The van der Waals surface area contributed by atoms with Crippen LogP contribution < -0.4 is 0 Å². The van der Waals surface area contributed by atoms with E-state index >= 15 is 0 Å². The van der Waals surface area contributed by atoms with Crippen LogP contribution in [0.4, 0.5) is 127 Å². The summed E-state index contributed by atoms with van der Waals surface area (Å²) >= 11 is 0. The zero-order valence-electron chi connectivity index (χ0n) is 22.2. The van der Waals surface area contributed by atoms with Gasteiger partial charge >= 0.3 is 78.8 Å². The van der Waals surface area contributed by atoms with Gasteiger partial charge in [0.2, 0.25) is 5.78 Å². The monoisotopic (exact) mass is 840 g/mol. The summed E-state index contributed by atoms with van der Waals surface area (Å²) in [5.74, 6) is -33.1. The van der Waals surface area contributed by atoms with Crippen molar-refractivity contribution in [3.05, 3.63) is 12.6 Å². The first kappa shape index (κ1) is 50.2. The summed E-state index contributed by atoms with van der Waals surface area (Å²) in [6.45, 7) is 1.42. The minimum Gasteiger partial charge on any atom is -0.402 e. The zero-order valence-corrected chi connectivity index (χ0v) is 22.2. The predicted molar refractivity (Wildman–Crippen MR) is 91.8 cm³/mol. The van der Waals surface area contributed by atoms with Gasteiger partial charge in [-0.25, -0.2) is 4.74 Å². The molecule has 0 saturated heterocycles. The molecule has 0 heterocycles. The van der Waals surface area contributed by atoms with Crippen molar-refractivity contribution >= 4 is 5.78 Å². The number of hydrogen-bond donors (Lipinski definition) is 0. The molecule has 0 spiro atoms. The molecule has 0 radical (unpaired) electrons. The Kier molecular flexibility index (Phi) is 13.6. The molecule has 0 aliphatic carbocycles. The van der Waals surface area contributed by atoms with E-state index in [0.717, 1.165) is 0 Å². The Morgan fingerprint density at radius 3 is 0.863 bits per heavy atom. The highest BCUT2D eigenvalue weighted by atomic mass is 19.4. The van der Waals surface area contributed by atoms with Crippen molar-refractivity contribution in [2.24, 2.45) is 0 Å². The third kappa shape index (κ3) is 9.94. The van der Waals surface area contributed by atoms with Crippen LogP contribution in [0.2, 0.25) is 0 Å². The van der Waals surface area contributed by atoms with Crippen molar-refractivity contribution in [1.82, 2.24) is 0 Å². The fourth-order valence-electron chi connectivity index (χ4n) is 1.88. The first-order chi connectivity index (χ1) is 21.5. The number of ketones is 1. The van der Waals surface area contributed by atoms with Gasteiger partial charge in [0.25, 0.3) is 6.01 Å². The summed E-state index contributed by atoms with van der Waals surface area (Å²) in [4.78, 5) is 10.2. The predicted octanol–water partition coefficient (Wildman–Crippen LogP) is 9.88. The zero-order chi connectivity index (χ0) is 42.5. The molecule has 0 aromatic carbocycles. The summed E-state index contributed by atoms with van der Waals surface area (Å²) in [5.41, 5.74) is 0. The second-order valence-electron chi connectivity index (χ2n) is 8.23. The largest absolute Gasteiger partial charge is 0.471 e. The van der Waals surface area contributed by atoms with Gasteiger partial charge in [-0.15, -0.1) is 0 Å². The Hall–Kier alpha value is -2.94. The molecule has 0 N–H and O–H groups in total. The van der Waals surface area contributed by atoms with Gasteiger partial charge in [0.05, 0.1) is 0 Å². The third-order valence-electron chi connectivity index (χ3n) is 4.36. The number of alkyl halides is 28. The number of carbonyl (C=O) groups is 1. The lowest BCUT2D eigenvalue weighted by Gasteiger charge is -2.38. The van der Waals surface area contributed by atoms with Crippen molar-refractivity contribution in [2.45, 2.75) is 85.7 Å². The van der Waals surface area contributed by atoms with Crippen LogP contribution in [0.15, 0.2) is 12.6 Å². The summed E-state index contributed by atoms with van der Waals surface area (Å²) in [6, 6.07) is -2.93. The van der Waals surface area contributed by atoms with E-state index in [0.29, 0.717) is 0 Å².